The van der Waals surface area contributed by atoms with Crippen LogP contribution in [-0.4, -0.2) is 19.9 Å². The number of rotatable bonds is 3. The van der Waals surface area contributed by atoms with E-state index >= 15 is 0 Å². The molecular formula is C14H15N7. The third-order valence-corrected chi connectivity index (χ3v) is 2.99. The molecule has 0 radical (unpaired) electrons. The topological polar surface area (TPSA) is 116 Å². The van der Waals surface area contributed by atoms with Gasteiger partial charge in [0.15, 0.2) is 17.0 Å². The van der Waals surface area contributed by atoms with Crippen LogP contribution in [0.2, 0.25) is 0 Å². The minimum Gasteiger partial charge on any atom is -0.382 e. The number of nitrogen functional groups attached to an aromatic ring is 2. The fourth-order valence-electron chi connectivity index (χ4n) is 2.02. The molecule has 0 saturated heterocycles. The third kappa shape index (κ3) is 2.81. The van der Waals surface area contributed by atoms with Crippen molar-refractivity contribution in [3.05, 3.63) is 41.7 Å². The second kappa shape index (κ2) is 5.20. The zero-order valence-corrected chi connectivity index (χ0v) is 11.5. The van der Waals surface area contributed by atoms with Crippen molar-refractivity contribution in [2.45, 2.75) is 13.5 Å². The van der Waals surface area contributed by atoms with Crippen LogP contribution in [-0.2, 0) is 6.54 Å². The molecule has 2 heterocycles. The largest absolute Gasteiger partial charge is 0.382 e. The summed E-state index contributed by atoms with van der Waals surface area (Å²) in [5.41, 5.74) is 15.2. The first-order valence-electron chi connectivity index (χ1n) is 6.47. The van der Waals surface area contributed by atoms with Crippen molar-refractivity contribution in [2.24, 2.45) is 0 Å². The van der Waals surface area contributed by atoms with Crippen molar-refractivity contribution in [3.8, 4) is 0 Å². The quantitative estimate of drug-likeness (QED) is 0.666. The Hall–Kier alpha value is -2.96. The molecule has 0 unspecified atom stereocenters. The van der Waals surface area contributed by atoms with Crippen LogP contribution in [0.15, 0.2) is 30.5 Å². The van der Waals surface area contributed by atoms with Gasteiger partial charge >= 0.3 is 0 Å². The number of aryl methyl sites for hydroxylation is 1. The number of hydrogen-bond donors (Lipinski definition) is 3. The summed E-state index contributed by atoms with van der Waals surface area (Å²) >= 11 is 0. The average molecular weight is 281 g/mol. The predicted octanol–water partition coefficient (Wildman–Crippen LogP) is 1.50. The summed E-state index contributed by atoms with van der Waals surface area (Å²) < 4.78 is 0. The molecule has 0 saturated carbocycles. The summed E-state index contributed by atoms with van der Waals surface area (Å²) in [5.74, 6) is 0.336. The SMILES string of the molecule is Cc1cccc(NCc2cnc3nc(N)nc(N)c3n2)c1. The minimum atomic E-state index is 0.0972. The molecule has 1 aromatic carbocycles. The zero-order chi connectivity index (χ0) is 14.8. The number of nitrogens with zero attached hydrogens (tertiary/aromatic N) is 4. The van der Waals surface area contributed by atoms with Crippen LogP contribution < -0.4 is 16.8 Å². The average Bonchev–Trinajstić information content (AvgIpc) is 2.45. The van der Waals surface area contributed by atoms with Crippen LogP contribution >= 0.6 is 0 Å². The molecule has 5 N–H and O–H groups in total. The van der Waals surface area contributed by atoms with Gasteiger partial charge in [0.1, 0.15) is 0 Å². The van der Waals surface area contributed by atoms with Crippen molar-refractivity contribution in [1.29, 1.82) is 0 Å². The van der Waals surface area contributed by atoms with E-state index in [0.717, 1.165) is 11.4 Å². The molecule has 3 rings (SSSR count). The van der Waals surface area contributed by atoms with Crippen molar-refractivity contribution in [2.75, 3.05) is 16.8 Å². The molecule has 0 bridgehead atoms. The molecule has 7 nitrogen and oxygen atoms in total. The molecule has 2 aromatic heterocycles. The summed E-state index contributed by atoms with van der Waals surface area (Å²) in [4.78, 5) is 16.5. The molecule has 0 fully saturated rings. The maximum atomic E-state index is 5.80. The number of hydrogen-bond acceptors (Lipinski definition) is 7. The van der Waals surface area contributed by atoms with Gasteiger partial charge in [-0.15, -0.1) is 0 Å². The van der Waals surface area contributed by atoms with Crippen molar-refractivity contribution < 1.29 is 0 Å². The highest BCUT2D eigenvalue weighted by Crippen LogP contribution is 2.15. The highest BCUT2D eigenvalue weighted by molar-refractivity contribution is 5.81. The molecular weight excluding hydrogens is 266 g/mol. The van der Waals surface area contributed by atoms with Crippen LogP contribution in [0.5, 0.6) is 0 Å². The van der Waals surface area contributed by atoms with Gasteiger partial charge in [-0.05, 0) is 24.6 Å². The Morgan fingerprint density at radius 1 is 1.14 bits per heavy atom. The van der Waals surface area contributed by atoms with E-state index in [9.17, 15) is 0 Å². The lowest BCUT2D eigenvalue weighted by molar-refractivity contribution is 1.03. The molecule has 0 aliphatic carbocycles. The lowest BCUT2D eigenvalue weighted by atomic mass is 10.2. The van der Waals surface area contributed by atoms with Crippen LogP contribution in [0.4, 0.5) is 17.5 Å². The van der Waals surface area contributed by atoms with Crippen molar-refractivity contribution in [3.63, 3.8) is 0 Å². The number of benzene rings is 1. The Kier molecular flexibility index (Phi) is 3.23. The molecule has 0 spiro atoms. The number of nitrogens with one attached hydrogen (secondary N) is 1. The molecule has 0 aliphatic heterocycles. The van der Waals surface area contributed by atoms with Crippen LogP contribution in [0.3, 0.4) is 0 Å². The molecule has 0 amide bonds. The van der Waals surface area contributed by atoms with Crippen molar-refractivity contribution in [1.82, 2.24) is 19.9 Å². The van der Waals surface area contributed by atoms with E-state index < -0.39 is 0 Å². The Morgan fingerprint density at radius 2 is 2.00 bits per heavy atom. The summed E-state index contributed by atoms with van der Waals surface area (Å²) in [6, 6.07) is 8.11. The maximum absolute atomic E-state index is 5.80. The van der Waals surface area contributed by atoms with Crippen molar-refractivity contribution >= 4 is 28.6 Å². The monoisotopic (exact) mass is 281 g/mol. The van der Waals surface area contributed by atoms with E-state index in [0.29, 0.717) is 17.7 Å². The smallest absolute Gasteiger partial charge is 0.224 e. The molecule has 7 heteroatoms. The van der Waals surface area contributed by atoms with Gasteiger partial charge in [-0.2, -0.15) is 9.97 Å². The minimum absolute atomic E-state index is 0.0972. The fraction of sp³-hybridized carbons (Fsp3) is 0.143. The van der Waals surface area contributed by atoms with Gasteiger partial charge < -0.3 is 16.8 Å². The molecule has 3 aromatic rings. The summed E-state index contributed by atoms with van der Waals surface area (Å²) in [5, 5.41) is 3.29. The first kappa shape index (κ1) is 13.0. The maximum Gasteiger partial charge on any atom is 0.224 e. The zero-order valence-electron chi connectivity index (χ0n) is 11.5. The number of fused-ring (bicyclic) bond motifs is 1. The highest BCUT2D eigenvalue weighted by atomic mass is 15.1. The first-order valence-corrected chi connectivity index (χ1v) is 6.47. The van der Waals surface area contributed by atoms with Gasteiger partial charge in [0, 0.05) is 5.69 Å². The number of nitrogens with two attached hydrogens (primary N) is 2. The normalized spacial score (nSPS) is 10.7. The molecule has 0 aliphatic rings. The molecule has 21 heavy (non-hydrogen) atoms. The second-order valence-electron chi connectivity index (χ2n) is 4.72. The lowest BCUT2D eigenvalue weighted by Gasteiger charge is -2.07. The van der Waals surface area contributed by atoms with Gasteiger partial charge in [-0.1, -0.05) is 12.1 Å². The summed E-state index contributed by atoms with van der Waals surface area (Å²) in [6.07, 6.45) is 1.65. The Morgan fingerprint density at radius 3 is 2.81 bits per heavy atom. The first-order chi connectivity index (χ1) is 10.1. The predicted molar refractivity (Wildman–Crippen MR) is 82.5 cm³/mol. The van der Waals surface area contributed by atoms with E-state index in [2.05, 4.69) is 31.3 Å². The number of aromatic nitrogens is 4. The highest BCUT2D eigenvalue weighted by Gasteiger charge is 2.07. The van der Waals surface area contributed by atoms with Crippen LogP contribution in [0, 0.1) is 6.92 Å². The van der Waals surface area contributed by atoms with Crippen LogP contribution in [0.1, 0.15) is 11.3 Å². The van der Waals surface area contributed by atoms with Crippen LogP contribution in [0.25, 0.3) is 11.2 Å². The molecule has 106 valence electrons. The van der Waals surface area contributed by atoms with Gasteiger partial charge in [0.25, 0.3) is 0 Å². The van der Waals surface area contributed by atoms with Gasteiger partial charge in [-0.3, -0.25) is 0 Å². The standard InChI is InChI=1S/C14H15N7/c1-8-3-2-4-9(5-8)17-6-10-7-18-13-11(19-10)12(15)20-14(16)21-13/h2-5,7,17H,6H2,1H3,(H4,15,16,18,20,21). The lowest BCUT2D eigenvalue weighted by Crippen LogP contribution is -2.07. The summed E-state index contributed by atoms with van der Waals surface area (Å²) in [6.45, 7) is 2.58. The third-order valence-electron chi connectivity index (χ3n) is 2.99. The Labute approximate surface area is 121 Å². The van der Waals surface area contributed by atoms with E-state index in [1.54, 1.807) is 6.20 Å². The second-order valence-corrected chi connectivity index (χ2v) is 4.72. The molecule has 0 atom stereocenters. The van der Waals surface area contributed by atoms with E-state index in [1.165, 1.54) is 5.56 Å². The Balaban J connectivity index is 1.85. The van der Waals surface area contributed by atoms with Gasteiger partial charge in [0.05, 0.1) is 18.4 Å². The van der Waals surface area contributed by atoms with Gasteiger partial charge in [0.2, 0.25) is 5.95 Å². The Bertz CT molecular complexity index is 800. The number of anilines is 3. The van der Waals surface area contributed by atoms with E-state index in [4.69, 9.17) is 11.5 Å². The van der Waals surface area contributed by atoms with E-state index in [-0.39, 0.29) is 11.8 Å². The van der Waals surface area contributed by atoms with E-state index in [1.807, 2.05) is 25.1 Å². The van der Waals surface area contributed by atoms with Gasteiger partial charge in [-0.25, -0.2) is 9.97 Å². The summed E-state index contributed by atoms with van der Waals surface area (Å²) in [7, 11) is 0. The fourth-order valence-corrected chi connectivity index (χ4v) is 2.02.